The number of aromatic nitrogens is 1. The maximum Gasteiger partial charge on any atom is 0.225 e. The molecule has 7 heteroatoms. The second-order valence-electron chi connectivity index (χ2n) is 8.89. The lowest BCUT2D eigenvalue weighted by atomic mass is 9.84. The molecule has 1 aromatic heterocycles. The lowest BCUT2D eigenvalue weighted by Gasteiger charge is -2.38. The predicted octanol–water partition coefficient (Wildman–Crippen LogP) is 2.47. The number of aryl methyl sites for hydroxylation is 1. The summed E-state index contributed by atoms with van der Waals surface area (Å²) < 4.78 is 0. The zero-order valence-corrected chi connectivity index (χ0v) is 17.9. The van der Waals surface area contributed by atoms with E-state index in [4.69, 9.17) is 4.98 Å². The summed E-state index contributed by atoms with van der Waals surface area (Å²) in [5.74, 6) is 1.40. The molecule has 0 bridgehead atoms. The molecule has 1 atom stereocenters. The number of amides is 2. The number of nitrogens with zero attached hydrogens (tertiary/aromatic N) is 3. The van der Waals surface area contributed by atoms with Crippen LogP contribution in [0.15, 0.2) is 0 Å². The van der Waals surface area contributed by atoms with Gasteiger partial charge in [-0.15, -0.1) is 11.3 Å². The molecule has 2 amide bonds. The van der Waals surface area contributed by atoms with E-state index in [1.54, 1.807) is 11.3 Å². The number of hydrogen-bond donors (Lipinski definition) is 1. The Morgan fingerprint density at radius 2 is 1.89 bits per heavy atom. The van der Waals surface area contributed by atoms with Crippen molar-refractivity contribution in [2.45, 2.75) is 52.4 Å². The summed E-state index contributed by atoms with van der Waals surface area (Å²) in [6.45, 7) is 8.33. The van der Waals surface area contributed by atoms with Gasteiger partial charge < -0.3 is 15.1 Å². The van der Waals surface area contributed by atoms with Crippen LogP contribution in [0.5, 0.6) is 0 Å². The second kappa shape index (κ2) is 8.39. The Bertz CT molecular complexity index is 720. The molecule has 1 unspecified atom stereocenters. The summed E-state index contributed by atoms with van der Waals surface area (Å²) >= 11 is 1.75. The third kappa shape index (κ3) is 4.19. The fourth-order valence-corrected chi connectivity index (χ4v) is 5.44. The molecule has 2 fully saturated rings. The van der Waals surface area contributed by atoms with Gasteiger partial charge in [0.2, 0.25) is 11.8 Å². The lowest BCUT2D eigenvalue weighted by Crippen LogP contribution is -2.51. The second-order valence-corrected chi connectivity index (χ2v) is 9.95. The summed E-state index contributed by atoms with van der Waals surface area (Å²) in [7, 11) is 0. The van der Waals surface area contributed by atoms with Gasteiger partial charge in [-0.2, -0.15) is 0 Å². The van der Waals surface area contributed by atoms with Crippen molar-refractivity contribution < 1.29 is 9.59 Å². The molecule has 0 radical (unpaired) electrons. The van der Waals surface area contributed by atoms with Crippen molar-refractivity contribution >= 4 is 28.3 Å². The molecule has 154 valence electrons. The Morgan fingerprint density at radius 1 is 1.14 bits per heavy atom. The predicted molar refractivity (Wildman–Crippen MR) is 112 cm³/mol. The molecular weight excluding hydrogens is 372 g/mol. The van der Waals surface area contributed by atoms with E-state index in [-0.39, 0.29) is 17.7 Å². The van der Waals surface area contributed by atoms with Gasteiger partial charge in [0.1, 0.15) is 0 Å². The monoisotopic (exact) mass is 404 g/mol. The summed E-state index contributed by atoms with van der Waals surface area (Å²) in [6, 6.07) is 0. The molecule has 3 aliphatic rings. The number of nitrogens with one attached hydrogen (secondary N) is 1. The highest BCUT2D eigenvalue weighted by Gasteiger charge is 2.33. The molecule has 2 heterocycles. The smallest absolute Gasteiger partial charge is 0.225 e. The Kier molecular flexibility index (Phi) is 5.90. The summed E-state index contributed by atoms with van der Waals surface area (Å²) in [6.07, 6.45) is 5.96. The van der Waals surface area contributed by atoms with E-state index in [9.17, 15) is 9.59 Å². The van der Waals surface area contributed by atoms with Crippen molar-refractivity contribution in [3.05, 3.63) is 10.6 Å². The Morgan fingerprint density at radius 3 is 2.54 bits per heavy atom. The number of carbonyl (C=O) groups excluding carboxylic acids is 2. The number of thiazole rings is 1. The van der Waals surface area contributed by atoms with E-state index in [1.807, 2.05) is 4.90 Å². The van der Waals surface area contributed by atoms with Crippen LogP contribution >= 0.6 is 11.3 Å². The maximum atomic E-state index is 12.4. The molecule has 1 N–H and O–H groups in total. The van der Waals surface area contributed by atoms with Crippen molar-refractivity contribution in [3.8, 4) is 0 Å². The van der Waals surface area contributed by atoms with Crippen LogP contribution in [0.3, 0.4) is 0 Å². The molecule has 1 saturated heterocycles. The number of piperazine rings is 1. The maximum absolute atomic E-state index is 12.4. The number of anilines is 1. The molecule has 1 aliphatic heterocycles. The largest absolute Gasteiger partial charge is 0.356 e. The minimum atomic E-state index is 0.0801. The van der Waals surface area contributed by atoms with Crippen molar-refractivity contribution in [3.63, 3.8) is 0 Å². The van der Waals surface area contributed by atoms with E-state index in [0.29, 0.717) is 11.8 Å². The summed E-state index contributed by atoms with van der Waals surface area (Å²) in [5.41, 5.74) is 1.18. The molecule has 6 nitrogen and oxygen atoms in total. The summed E-state index contributed by atoms with van der Waals surface area (Å²) in [5, 5.41) is 4.16. The van der Waals surface area contributed by atoms with Crippen LogP contribution in [0.4, 0.5) is 5.13 Å². The first kappa shape index (κ1) is 19.7. The SMILES string of the molecule is CC(C)CNC(=O)C1CCc2nc(N3CCN(C(=O)C4CCC4)CC3)sc2C1. The van der Waals surface area contributed by atoms with Crippen LogP contribution in [0.2, 0.25) is 0 Å². The van der Waals surface area contributed by atoms with E-state index in [1.165, 1.54) is 17.0 Å². The quantitative estimate of drug-likeness (QED) is 0.819. The number of carbonyl (C=O) groups is 2. The van der Waals surface area contributed by atoms with Gasteiger partial charge in [-0.25, -0.2) is 4.98 Å². The zero-order chi connectivity index (χ0) is 19.7. The van der Waals surface area contributed by atoms with Gasteiger partial charge in [-0.05, 0) is 38.0 Å². The van der Waals surface area contributed by atoms with Crippen molar-refractivity contribution in [2.24, 2.45) is 17.8 Å². The Labute approximate surface area is 171 Å². The number of fused-ring (bicyclic) bond motifs is 1. The fourth-order valence-electron chi connectivity index (χ4n) is 4.20. The average Bonchev–Trinajstić information content (AvgIpc) is 3.08. The molecule has 2 aliphatic carbocycles. The average molecular weight is 405 g/mol. The van der Waals surface area contributed by atoms with Crippen LogP contribution in [-0.4, -0.2) is 54.4 Å². The van der Waals surface area contributed by atoms with Crippen molar-refractivity contribution in [2.75, 3.05) is 37.6 Å². The molecular formula is C21H32N4O2S. The molecule has 0 aromatic carbocycles. The lowest BCUT2D eigenvalue weighted by molar-refractivity contribution is -0.138. The van der Waals surface area contributed by atoms with Crippen LogP contribution in [-0.2, 0) is 22.4 Å². The molecule has 1 saturated carbocycles. The molecule has 0 spiro atoms. The highest BCUT2D eigenvalue weighted by atomic mass is 32.1. The molecule has 28 heavy (non-hydrogen) atoms. The minimum absolute atomic E-state index is 0.0801. The van der Waals surface area contributed by atoms with Crippen LogP contribution in [0.1, 0.15) is 50.1 Å². The van der Waals surface area contributed by atoms with Gasteiger partial charge in [0.05, 0.1) is 5.69 Å². The van der Waals surface area contributed by atoms with Gasteiger partial charge in [-0.3, -0.25) is 9.59 Å². The third-order valence-electron chi connectivity index (χ3n) is 6.30. The first-order valence-corrected chi connectivity index (χ1v) is 11.6. The molecule has 4 rings (SSSR count). The van der Waals surface area contributed by atoms with Gasteiger partial charge in [0, 0.05) is 49.4 Å². The highest BCUT2D eigenvalue weighted by molar-refractivity contribution is 7.15. The van der Waals surface area contributed by atoms with E-state index < -0.39 is 0 Å². The van der Waals surface area contributed by atoms with Gasteiger partial charge >= 0.3 is 0 Å². The van der Waals surface area contributed by atoms with E-state index in [0.717, 1.165) is 70.0 Å². The van der Waals surface area contributed by atoms with Crippen molar-refractivity contribution in [1.29, 1.82) is 0 Å². The standard InChI is InChI=1S/C21H32N4O2S/c1-14(2)13-22-19(26)16-6-7-17-18(12-16)28-21(23-17)25-10-8-24(9-11-25)20(27)15-4-3-5-15/h14-16H,3-13H2,1-2H3,(H,22,26). The normalized spacial score (nSPS) is 22.8. The van der Waals surface area contributed by atoms with Gasteiger partial charge in [0.15, 0.2) is 5.13 Å². The zero-order valence-electron chi connectivity index (χ0n) is 17.1. The molecule has 1 aromatic rings. The van der Waals surface area contributed by atoms with E-state index >= 15 is 0 Å². The highest BCUT2D eigenvalue weighted by Crippen LogP contribution is 2.35. The van der Waals surface area contributed by atoms with Crippen LogP contribution < -0.4 is 10.2 Å². The number of rotatable bonds is 5. The topological polar surface area (TPSA) is 65.5 Å². The number of hydrogen-bond acceptors (Lipinski definition) is 5. The van der Waals surface area contributed by atoms with Crippen molar-refractivity contribution in [1.82, 2.24) is 15.2 Å². The van der Waals surface area contributed by atoms with Crippen LogP contribution in [0.25, 0.3) is 0 Å². The van der Waals surface area contributed by atoms with Crippen LogP contribution in [0, 0.1) is 17.8 Å². The summed E-state index contributed by atoms with van der Waals surface area (Å²) in [4.78, 5) is 35.4. The first-order valence-electron chi connectivity index (χ1n) is 10.8. The first-order chi connectivity index (χ1) is 13.5. The van der Waals surface area contributed by atoms with Gasteiger partial charge in [0.25, 0.3) is 0 Å². The fraction of sp³-hybridized carbons (Fsp3) is 0.762. The Balaban J connectivity index is 1.32. The Hall–Kier alpha value is -1.63. The van der Waals surface area contributed by atoms with E-state index in [2.05, 4.69) is 24.1 Å². The minimum Gasteiger partial charge on any atom is -0.356 e. The third-order valence-corrected chi connectivity index (χ3v) is 7.48. The van der Waals surface area contributed by atoms with Gasteiger partial charge in [-0.1, -0.05) is 20.3 Å².